The van der Waals surface area contributed by atoms with E-state index in [0.29, 0.717) is 0 Å². The van der Waals surface area contributed by atoms with Crippen molar-refractivity contribution in [3.8, 4) is 0 Å². The van der Waals surface area contributed by atoms with E-state index < -0.39 is 0 Å². The molecule has 11 heavy (non-hydrogen) atoms. The third-order valence-corrected chi connectivity index (χ3v) is 2.33. The Morgan fingerprint density at radius 3 is 2.09 bits per heavy atom. The maximum atomic E-state index is 9.10. The molecule has 0 rings (SSSR count). The lowest BCUT2D eigenvalue weighted by Gasteiger charge is -2.31. The van der Waals surface area contributed by atoms with Crippen LogP contribution in [0, 0.1) is 11.3 Å². The molecule has 0 bridgehead atoms. The fourth-order valence-corrected chi connectivity index (χ4v) is 1.41. The minimum Gasteiger partial charge on any atom is -0.396 e. The van der Waals surface area contributed by atoms with Gasteiger partial charge in [-0.05, 0) is 24.2 Å². The van der Waals surface area contributed by atoms with Gasteiger partial charge in [-0.2, -0.15) is 0 Å². The van der Waals surface area contributed by atoms with Crippen LogP contribution in [-0.2, 0) is 0 Å². The summed E-state index contributed by atoms with van der Waals surface area (Å²) >= 11 is 0. The maximum Gasteiger partial charge on any atom is 0.0487 e. The lowest BCUT2D eigenvalue weighted by Crippen LogP contribution is -2.25. The van der Waals surface area contributed by atoms with Gasteiger partial charge in [0, 0.05) is 6.61 Å². The van der Waals surface area contributed by atoms with Crippen LogP contribution in [0.25, 0.3) is 0 Å². The van der Waals surface area contributed by atoms with Crippen molar-refractivity contribution in [2.75, 3.05) is 6.61 Å². The third kappa shape index (κ3) is 3.24. The van der Waals surface area contributed by atoms with E-state index in [1.54, 1.807) is 0 Å². The Morgan fingerprint density at radius 2 is 1.82 bits per heavy atom. The second kappa shape index (κ2) is 4.76. The van der Waals surface area contributed by atoms with E-state index >= 15 is 0 Å². The van der Waals surface area contributed by atoms with Crippen molar-refractivity contribution in [1.82, 2.24) is 0 Å². The Morgan fingerprint density at radius 1 is 1.27 bits per heavy atom. The molecule has 0 aliphatic carbocycles. The molecule has 0 aromatic rings. The van der Waals surface area contributed by atoms with Gasteiger partial charge in [0.25, 0.3) is 0 Å². The smallest absolute Gasteiger partial charge is 0.0487 e. The molecule has 1 N–H and O–H groups in total. The fourth-order valence-electron chi connectivity index (χ4n) is 1.41. The van der Waals surface area contributed by atoms with Crippen molar-refractivity contribution in [2.45, 2.75) is 47.0 Å². The topological polar surface area (TPSA) is 20.2 Å². The van der Waals surface area contributed by atoms with Crippen molar-refractivity contribution in [3.63, 3.8) is 0 Å². The first-order chi connectivity index (χ1) is 5.08. The fraction of sp³-hybridized carbons (Fsp3) is 0.900. The highest BCUT2D eigenvalue weighted by atomic mass is 16.3. The molecule has 0 atom stereocenters. The van der Waals surface area contributed by atoms with Crippen LogP contribution in [0.5, 0.6) is 0 Å². The molecule has 1 nitrogen and oxygen atoms in total. The zero-order chi connectivity index (χ0) is 8.91. The summed E-state index contributed by atoms with van der Waals surface area (Å²) in [5.74, 6) is 1.49. The van der Waals surface area contributed by atoms with Crippen LogP contribution in [0.2, 0.25) is 0 Å². The third-order valence-electron chi connectivity index (χ3n) is 2.33. The molecule has 0 fully saturated rings. The number of hydrogen-bond acceptors (Lipinski definition) is 1. The van der Waals surface area contributed by atoms with Gasteiger partial charge in [0.2, 0.25) is 0 Å². The zero-order valence-electron chi connectivity index (χ0n) is 8.28. The molecule has 0 spiro atoms. The average Bonchev–Trinajstić information content (AvgIpc) is 2.00. The molecule has 0 aliphatic rings. The summed E-state index contributed by atoms with van der Waals surface area (Å²) in [5, 5.41) is 9.10. The van der Waals surface area contributed by atoms with Gasteiger partial charge in [0.05, 0.1) is 0 Å². The predicted octanol–water partition coefficient (Wildman–Crippen LogP) is 2.79. The van der Waals surface area contributed by atoms with Crippen LogP contribution < -0.4 is 0 Å². The van der Waals surface area contributed by atoms with Gasteiger partial charge in [-0.15, -0.1) is 0 Å². The van der Waals surface area contributed by atoms with Crippen molar-refractivity contribution in [2.24, 2.45) is 5.41 Å². The molecule has 0 amide bonds. The van der Waals surface area contributed by atoms with Crippen LogP contribution in [0.3, 0.4) is 0 Å². The molecule has 1 radical (unpaired) electrons. The molecule has 0 unspecified atom stereocenters. The van der Waals surface area contributed by atoms with Crippen LogP contribution in [-0.4, -0.2) is 11.7 Å². The summed E-state index contributed by atoms with van der Waals surface area (Å²) < 4.78 is 0. The first kappa shape index (κ1) is 11.0. The van der Waals surface area contributed by atoms with Gasteiger partial charge in [-0.3, -0.25) is 0 Å². The van der Waals surface area contributed by atoms with E-state index in [9.17, 15) is 0 Å². The second-order valence-corrected chi connectivity index (χ2v) is 3.75. The van der Waals surface area contributed by atoms with Crippen molar-refractivity contribution in [3.05, 3.63) is 5.92 Å². The molecular weight excluding hydrogens is 136 g/mol. The molecule has 0 aliphatic heterocycles. The number of aliphatic hydroxyl groups excluding tert-OH is 1. The summed E-state index contributed by atoms with van der Waals surface area (Å²) in [7, 11) is 0. The first-order valence-corrected chi connectivity index (χ1v) is 4.54. The number of hydrogen-bond donors (Lipinski definition) is 1. The Kier molecular flexibility index (Phi) is 4.74. The van der Waals surface area contributed by atoms with E-state index in [1.807, 2.05) is 0 Å². The molecule has 0 saturated carbocycles. The standard InChI is InChI=1S/C10H21O/c1-5-7-9(6-2)10(3,4)8-11/h11H,5-8H2,1-4H3. The highest BCUT2D eigenvalue weighted by Gasteiger charge is 2.26. The Balaban J connectivity index is 3.99. The van der Waals surface area contributed by atoms with Crippen molar-refractivity contribution < 1.29 is 5.11 Å². The minimum absolute atomic E-state index is 0.0325. The maximum absolute atomic E-state index is 9.10. The molecule has 0 saturated heterocycles. The normalized spacial score (nSPS) is 12.5. The van der Waals surface area contributed by atoms with E-state index in [2.05, 4.69) is 27.7 Å². The molecule has 1 heteroatoms. The minimum atomic E-state index is 0.0325. The highest BCUT2D eigenvalue weighted by molar-refractivity contribution is 5.01. The average molecular weight is 157 g/mol. The lowest BCUT2D eigenvalue weighted by molar-refractivity contribution is 0.161. The highest BCUT2D eigenvalue weighted by Crippen LogP contribution is 2.34. The quantitative estimate of drug-likeness (QED) is 0.650. The molecule has 0 aromatic heterocycles. The summed E-state index contributed by atoms with van der Waals surface area (Å²) in [6, 6.07) is 0. The van der Waals surface area contributed by atoms with Gasteiger partial charge in [-0.1, -0.05) is 34.1 Å². The number of rotatable bonds is 5. The molecular formula is C10H21O. The Hall–Kier alpha value is -0.0400. The monoisotopic (exact) mass is 157 g/mol. The predicted molar refractivity (Wildman–Crippen MR) is 49.3 cm³/mol. The van der Waals surface area contributed by atoms with Crippen LogP contribution in [0.1, 0.15) is 47.0 Å². The Bertz CT molecular complexity index is 97.0. The molecule has 0 aromatic carbocycles. The molecule has 0 heterocycles. The largest absolute Gasteiger partial charge is 0.396 e. The zero-order valence-corrected chi connectivity index (χ0v) is 8.28. The summed E-state index contributed by atoms with van der Waals surface area (Å²) in [6.07, 6.45) is 3.44. The van der Waals surface area contributed by atoms with E-state index in [4.69, 9.17) is 5.11 Å². The van der Waals surface area contributed by atoms with E-state index in [1.165, 1.54) is 12.3 Å². The van der Waals surface area contributed by atoms with Gasteiger partial charge < -0.3 is 5.11 Å². The van der Waals surface area contributed by atoms with E-state index in [-0.39, 0.29) is 12.0 Å². The lowest BCUT2D eigenvalue weighted by atomic mass is 9.76. The van der Waals surface area contributed by atoms with Crippen LogP contribution in [0.15, 0.2) is 0 Å². The van der Waals surface area contributed by atoms with Gasteiger partial charge in [0.1, 0.15) is 0 Å². The number of aliphatic hydroxyl groups is 1. The van der Waals surface area contributed by atoms with Gasteiger partial charge >= 0.3 is 0 Å². The Labute approximate surface area is 70.8 Å². The van der Waals surface area contributed by atoms with Crippen molar-refractivity contribution >= 4 is 0 Å². The van der Waals surface area contributed by atoms with Crippen LogP contribution in [0.4, 0.5) is 0 Å². The first-order valence-electron chi connectivity index (χ1n) is 4.54. The second-order valence-electron chi connectivity index (χ2n) is 3.75. The summed E-state index contributed by atoms with van der Waals surface area (Å²) in [4.78, 5) is 0. The van der Waals surface area contributed by atoms with Gasteiger partial charge in [-0.25, -0.2) is 0 Å². The SMILES string of the molecule is CCC[C](CC)C(C)(C)CO. The van der Waals surface area contributed by atoms with E-state index in [0.717, 1.165) is 12.8 Å². The van der Waals surface area contributed by atoms with Crippen LogP contribution >= 0.6 is 0 Å². The molecule has 67 valence electrons. The summed E-state index contributed by atoms with van der Waals surface area (Å²) in [6.45, 7) is 8.85. The van der Waals surface area contributed by atoms with Gasteiger partial charge in [0.15, 0.2) is 0 Å². The summed E-state index contributed by atoms with van der Waals surface area (Å²) in [5.41, 5.74) is 0.0325. The van der Waals surface area contributed by atoms with Crippen molar-refractivity contribution in [1.29, 1.82) is 0 Å².